The zero-order valence-corrected chi connectivity index (χ0v) is 17.0. The predicted octanol–water partition coefficient (Wildman–Crippen LogP) is 1.83. The van der Waals surface area contributed by atoms with E-state index in [-0.39, 0.29) is 46.8 Å². The molecule has 1 fully saturated rings. The van der Waals surface area contributed by atoms with Crippen molar-refractivity contribution in [3.05, 3.63) is 48.3 Å². The molecule has 1 aromatic carbocycles. The molecule has 1 aromatic heterocycles. The lowest BCUT2D eigenvalue weighted by Crippen LogP contribution is -2.45. The van der Waals surface area contributed by atoms with Crippen molar-refractivity contribution in [1.82, 2.24) is 15.3 Å². The molecule has 2 atom stereocenters. The number of halogens is 2. The molecular formula is C20H22F2N4O5. The van der Waals surface area contributed by atoms with Crippen LogP contribution in [0.1, 0.15) is 5.56 Å². The van der Waals surface area contributed by atoms with Crippen molar-refractivity contribution in [2.45, 2.75) is 18.7 Å². The average Bonchev–Trinajstić information content (AvgIpc) is 3.21. The van der Waals surface area contributed by atoms with Crippen molar-refractivity contribution in [3.63, 3.8) is 0 Å². The highest BCUT2D eigenvalue weighted by molar-refractivity contribution is 5.87. The van der Waals surface area contributed by atoms with E-state index in [4.69, 9.17) is 18.9 Å². The summed E-state index contributed by atoms with van der Waals surface area (Å²) < 4.78 is 49.4. The number of anilines is 1. The minimum Gasteiger partial charge on any atom is -0.494 e. The van der Waals surface area contributed by atoms with Crippen LogP contribution in [0.5, 0.6) is 17.2 Å². The van der Waals surface area contributed by atoms with E-state index in [0.29, 0.717) is 13.2 Å². The summed E-state index contributed by atoms with van der Waals surface area (Å²) in [5, 5.41) is 5.83. The van der Waals surface area contributed by atoms with Gasteiger partial charge in [0.15, 0.2) is 28.9 Å². The number of hydrogen-bond donors (Lipinski definition) is 2. The maximum Gasteiger partial charge on any atom is 0.243 e. The smallest absolute Gasteiger partial charge is 0.243 e. The van der Waals surface area contributed by atoms with Gasteiger partial charge in [0, 0.05) is 6.07 Å². The number of ether oxygens (including phenoxy) is 4. The van der Waals surface area contributed by atoms with Crippen LogP contribution in [0.3, 0.4) is 0 Å². The Hall–Kier alpha value is -3.47. The molecule has 3 rings (SSSR count). The van der Waals surface area contributed by atoms with Crippen LogP contribution in [0.2, 0.25) is 0 Å². The summed E-state index contributed by atoms with van der Waals surface area (Å²) in [7, 11) is 2.53. The molecule has 1 saturated heterocycles. The van der Waals surface area contributed by atoms with E-state index in [2.05, 4.69) is 27.2 Å². The summed E-state index contributed by atoms with van der Waals surface area (Å²) in [6, 6.07) is 0.622. The summed E-state index contributed by atoms with van der Waals surface area (Å²) in [6.45, 7) is 3.70. The first kappa shape index (κ1) is 22.2. The van der Waals surface area contributed by atoms with Gasteiger partial charge in [-0.15, -0.1) is 0 Å². The number of nitrogens with zero attached hydrogens (tertiary/aromatic N) is 2. The quantitative estimate of drug-likeness (QED) is 0.574. The molecule has 9 nitrogen and oxygen atoms in total. The fourth-order valence-corrected chi connectivity index (χ4v) is 2.93. The van der Waals surface area contributed by atoms with Gasteiger partial charge in [0.05, 0.1) is 57.5 Å². The van der Waals surface area contributed by atoms with Crippen LogP contribution >= 0.6 is 0 Å². The monoisotopic (exact) mass is 436 g/mol. The molecule has 2 N–H and O–H groups in total. The van der Waals surface area contributed by atoms with Gasteiger partial charge in [-0.2, -0.15) is 0 Å². The van der Waals surface area contributed by atoms with Gasteiger partial charge < -0.3 is 29.6 Å². The Morgan fingerprint density at radius 3 is 2.39 bits per heavy atom. The first-order chi connectivity index (χ1) is 15.0. The SMILES string of the molecule is C=CC(=O)NC1COC[C@H]1Nc1ncc(OCc2c(F)c(OC)cc(OC)c2F)cn1. The fourth-order valence-electron chi connectivity index (χ4n) is 2.93. The Morgan fingerprint density at radius 2 is 1.81 bits per heavy atom. The molecule has 0 aliphatic carbocycles. The van der Waals surface area contributed by atoms with Gasteiger partial charge >= 0.3 is 0 Å². The summed E-state index contributed by atoms with van der Waals surface area (Å²) in [4.78, 5) is 19.8. The van der Waals surface area contributed by atoms with Gasteiger partial charge in [-0.05, 0) is 6.08 Å². The zero-order valence-electron chi connectivity index (χ0n) is 17.0. The van der Waals surface area contributed by atoms with Crippen LogP contribution in [-0.2, 0) is 16.1 Å². The number of carbonyl (C=O) groups excluding carboxylic acids is 1. The summed E-state index contributed by atoms with van der Waals surface area (Å²) >= 11 is 0. The fraction of sp³-hybridized carbons (Fsp3) is 0.350. The maximum absolute atomic E-state index is 14.4. The van der Waals surface area contributed by atoms with Crippen molar-refractivity contribution in [3.8, 4) is 17.2 Å². The van der Waals surface area contributed by atoms with Gasteiger partial charge in [0.1, 0.15) is 6.61 Å². The largest absolute Gasteiger partial charge is 0.494 e. The Balaban J connectivity index is 1.64. The number of benzene rings is 1. The molecule has 1 unspecified atom stereocenters. The first-order valence-corrected chi connectivity index (χ1v) is 9.27. The maximum atomic E-state index is 14.4. The van der Waals surface area contributed by atoms with E-state index in [1.165, 1.54) is 32.7 Å². The Labute approximate surface area is 177 Å². The molecule has 1 aliphatic heterocycles. The summed E-state index contributed by atoms with van der Waals surface area (Å²) in [5.74, 6) is -1.91. The molecule has 0 saturated carbocycles. The van der Waals surface area contributed by atoms with E-state index in [1.54, 1.807) is 0 Å². The predicted molar refractivity (Wildman–Crippen MR) is 106 cm³/mol. The molecule has 0 radical (unpaired) electrons. The van der Waals surface area contributed by atoms with Crippen molar-refractivity contribution >= 4 is 11.9 Å². The summed E-state index contributed by atoms with van der Waals surface area (Å²) in [6.07, 6.45) is 3.90. The van der Waals surface area contributed by atoms with E-state index in [1.807, 2.05) is 0 Å². The van der Waals surface area contributed by atoms with Gasteiger partial charge in [-0.1, -0.05) is 6.58 Å². The molecule has 0 spiro atoms. The molecular weight excluding hydrogens is 414 g/mol. The summed E-state index contributed by atoms with van der Waals surface area (Å²) in [5.41, 5.74) is -0.345. The minimum atomic E-state index is -0.881. The van der Waals surface area contributed by atoms with Crippen LogP contribution in [0.4, 0.5) is 14.7 Å². The molecule has 1 amide bonds. The Kier molecular flexibility index (Phi) is 7.19. The van der Waals surface area contributed by atoms with Crippen molar-refractivity contribution in [2.75, 3.05) is 32.8 Å². The molecule has 2 aromatic rings. The lowest BCUT2D eigenvalue weighted by molar-refractivity contribution is -0.117. The second-order valence-corrected chi connectivity index (χ2v) is 6.53. The number of rotatable bonds is 9. The number of hydrogen-bond acceptors (Lipinski definition) is 8. The molecule has 11 heteroatoms. The van der Waals surface area contributed by atoms with E-state index in [0.717, 1.165) is 6.07 Å². The van der Waals surface area contributed by atoms with Gasteiger partial charge in [-0.25, -0.2) is 18.7 Å². The zero-order chi connectivity index (χ0) is 22.4. The van der Waals surface area contributed by atoms with E-state index < -0.39 is 18.2 Å². The van der Waals surface area contributed by atoms with Gasteiger partial charge in [0.25, 0.3) is 0 Å². The molecule has 2 heterocycles. The molecule has 0 bridgehead atoms. The minimum absolute atomic E-state index is 0.162. The lowest BCUT2D eigenvalue weighted by Gasteiger charge is -2.19. The number of carbonyl (C=O) groups is 1. The van der Waals surface area contributed by atoms with Gasteiger partial charge in [-0.3, -0.25) is 4.79 Å². The van der Waals surface area contributed by atoms with E-state index >= 15 is 0 Å². The highest BCUT2D eigenvalue weighted by atomic mass is 19.1. The standard InChI is InChI=1S/C20H22F2N4O5/c1-4-17(27)25-13-9-30-10-14(13)26-20-23-6-11(7-24-20)31-8-12-18(21)15(28-2)5-16(29-3)19(12)22/h4-7,13-14H,1,8-10H2,2-3H3,(H,25,27)(H,23,24,26)/t13?,14-/m1/s1. The second kappa shape index (κ2) is 10.0. The third-order valence-electron chi connectivity index (χ3n) is 4.58. The number of aromatic nitrogens is 2. The average molecular weight is 436 g/mol. The third-order valence-corrected chi connectivity index (χ3v) is 4.58. The second-order valence-electron chi connectivity index (χ2n) is 6.53. The van der Waals surface area contributed by atoms with Crippen molar-refractivity contribution in [2.24, 2.45) is 0 Å². The Morgan fingerprint density at radius 1 is 1.19 bits per heavy atom. The normalized spacial score (nSPS) is 17.7. The van der Waals surface area contributed by atoms with Crippen LogP contribution in [0.25, 0.3) is 0 Å². The van der Waals surface area contributed by atoms with Crippen LogP contribution in [0.15, 0.2) is 31.1 Å². The van der Waals surface area contributed by atoms with Crippen LogP contribution < -0.4 is 24.8 Å². The van der Waals surface area contributed by atoms with Crippen molar-refractivity contribution in [1.29, 1.82) is 0 Å². The highest BCUT2D eigenvalue weighted by Crippen LogP contribution is 2.31. The van der Waals surface area contributed by atoms with Crippen molar-refractivity contribution < 1.29 is 32.5 Å². The van der Waals surface area contributed by atoms with Crippen LogP contribution in [-0.4, -0.2) is 55.4 Å². The highest BCUT2D eigenvalue weighted by Gasteiger charge is 2.29. The topological polar surface area (TPSA) is 104 Å². The molecule has 1 aliphatic rings. The van der Waals surface area contributed by atoms with Gasteiger partial charge in [0.2, 0.25) is 11.9 Å². The third kappa shape index (κ3) is 5.18. The number of nitrogens with one attached hydrogen (secondary N) is 2. The van der Waals surface area contributed by atoms with Crippen LogP contribution in [0, 0.1) is 11.6 Å². The number of methoxy groups -OCH3 is 2. The Bertz CT molecular complexity index is 914. The first-order valence-electron chi connectivity index (χ1n) is 9.27. The molecule has 31 heavy (non-hydrogen) atoms. The van der Waals surface area contributed by atoms with E-state index in [9.17, 15) is 13.6 Å². The molecule has 166 valence electrons. The lowest BCUT2D eigenvalue weighted by atomic mass is 10.1. The number of amides is 1.